The number of ether oxygens (including phenoxy) is 1. The molecule has 0 aromatic rings. The van der Waals surface area contributed by atoms with Crippen molar-refractivity contribution in [2.75, 3.05) is 7.11 Å². The minimum absolute atomic E-state index is 0.152. The lowest BCUT2D eigenvalue weighted by atomic mass is 10.0. The summed E-state index contributed by atoms with van der Waals surface area (Å²) in [5.41, 5.74) is -0.572. The first kappa shape index (κ1) is 15.9. The molecule has 2 N–H and O–H groups in total. The van der Waals surface area contributed by atoms with Crippen molar-refractivity contribution < 1.29 is 19.4 Å². The van der Waals surface area contributed by atoms with E-state index in [4.69, 9.17) is 9.84 Å². The van der Waals surface area contributed by atoms with Gasteiger partial charge < -0.3 is 15.2 Å². The summed E-state index contributed by atoms with van der Waals surface area (Å²) in [5, 5.41) is 11.5. The lowest BCUT2D eigenvalue weighted by Gasteiger charge is -2.23. The molecule has 0 aromatic heterocycles. The molecule has 0 saturated carbocycles. The zero-order chi connectivity index (χ0) is 13.5. The van der Waals surface area contributed by atoms with E-state index in [1.54, 1.807) is 13.8 Å². The van der Waals surface area contributed by atoms with Gasteiger partial charge in [-0.2, -0.15) is 0 Å². The molecule has 5 nitrogen and oxygen atoms in total. The maximum absolute atomic E-state index is 11.6. The Balaban J connectivity index is 4.26. The lowest BCUT2D eigenvalue weighted by molar-refractivity contribution is -0.143. The second-order valence-corrected chi connectivity index (χ2v) is 4.74. The van der Waals surface area contributed by atoms with Crippen LogP contribution in [0.25, 0.3) is 0 Å². The molecule has 0 radical (unpaired) electrons. The highest BCUT2D eigenvalue weighted by Crippen LogP contribution is 2.13. The molecule has 0 rings (SSSR count). The van der Waals surface area contributed by atoms with Gasteiger partial charge in [0.1, 0.15) is 6.04 Å². The van der Waals surface area contributed by atoms with Gasteiger partial charge in [0.15, 0.2) is 0 Å². The number of methoxy groups -OCH3 is 1. The standard InChI is InChI=1S/C12H23NO4/c1-5-6-7-9(11(15)16)13-10(14)8-12(2,3)17-4/h9H,5-8H2,1-4H3,(H,13,14)(H,15,16). The maximum atomic E-state index is 11.6. The fraction of sp³-hybridized carbons (Fsp3) is 0.833. The third-order valence-corrected chi connectivity index (χ3v) is 2.62. The number of nitrogens with one attached hydrogen (secondary N) is 1. The highest BCUT2D eigenvalue weighted by Gasteiger charge is 2.25. The Bertz CT molecular complexity index is 263. The van der Waals surface area contributed by atoms with Gasteiger partial charge in [-0.05, 0) is 20.3 Å². The van der Waals surface area contributed by atoms with Crippen LogP contribution in [0.1, 0.15) is 46.5 Å². The maximum Gasteiger partial charge on any atom is 0.326 e. The lowest BCUT2D eigenvalue weighted by Crippen LogP contribution is -2.43. The van der Waals surface area contributed by atoms with Crippen LogP contribution in [0.2, 0.25) is 0 Å². The van der Waals surface area contributed by atoms with Gasteiger partial charge in [0.05, 0.1) is 12.0 Å². The van der Waals surface area contributed by atoms with Gasteiger partial charge in [-0.15, -0.1) is 0 Å². The van der Waals surface area contributed by atoms with E-state index in [2.05, 4.69) is 5.32 Å². The Morgan fingerprint density at radius 2 is 2.00 bits per heavy atom. The van der Waals surface area contributed by atoms with Crippen LogP contribution in [0.3, 0.4) is 0 Å². The first-order valence-corrected chi connectivity index (χ1v) is 5.89. The number of unbranched alkanes of at least 4 members (excludes halogenated alkanes) is 1. The van der Waals surface area contributed by atoms with Crippen molar-refractivity contribution in [2.45, 2.75) is 58.1 Å². The summed E-state index contributed by atoms with van der Waals surface area (Å²) < 4.78 is 5.12. The fourth-order valence-corrected chi connectivity index (χ4v) is 1.37. The van der Waals surface area contributed by atoms with Crippen LogP contribution in [-0.2, 0) is 14.3 Å². The van der Waals surface area contributed by atoms with E-state index < -0.39 is 17.6 Å². The zero-order valence-electron chi connectivity index (χ0n) is 11.1. The molecule has 100 valence electrons. The third-order valence-electron chi connectivity index (χ3n) is 2.62. The molecule has 0 bridgehead atoms. The molecule has 0 aliphatic heterocycles. The minimum Gasteiger partial charge on any atom is -0.480 e. The Hall–Kier alpha value is -1.10. The molecule has 1 amide bonds. The van der Waals surface area contributed by atoms with Gasteiger partial charge in [0.2, 0.25) is 5.91 Å². The molecule has 0 aliphatic rings. The summed E-state index contributed by atoms with van der Waals surface area (Å²) in [4.78, 5) is 22.6. The molecule has 1 atom stereocenters. The second-order valence-electron chi connectivity index (χ2n) is 4.74. The first-order valence-electron chi connectivity index (χ1n) is 5.89. The van der Waals surface area contributed by atoms with Crippen LogP contribution in [0.4, 0.5) is 0 Å². The molecule has 0 aromatic carbocycles. The molecule has 0 heterocycles. The van der Waals surface area contributed by atoms with Gasteiger partial charge >= 0.3 is 5.97 Å². The Morgan fingerprint density at radius 3 is 2.41 bits per heavy atom. The van der Waals surface area contributed by atoms with Gasteiger partial charge in [0.25, 0.3) is 0 Å². The fourth-order valence-electron chi connectivity index (χ4n) is 1.37. The molecule has 0 aliphatic carbocycles. The van der Waals surface area contributed by atoms with Crippen molar-refractivity contribution in [3.8, 4) is 0 Å². The number of hydrogen-bond donors (Lipinski definition) is 2. The Morgan fingerprint density at radius 1 is 1.41 bits per heavy atom. The van der Waals surface area contributed by atoms with Crippen LogP contribution in [0, 0.1) is 0 Å². The highest BCUT2D eigenvalue weighted by molar-refractivity contribution is 5.83. The number of carboxylic acid groups (broad SMARTS) is 1. The Labute approximate surface area is 103 Å². The monoisotopic (exact) mass is 245 g/mol. The van der Waals surface area contributed by atoms with Gasteiger partial charge in [-0.1, -0.05) is 19.8 Å². The van der Waals surface area contributed by atoms with Crippen molar-refractivity contribution in [2.24, 2.45) is 0 Å². The number of amides is 1. The molecule has 0 spiro atoms. The smallest absolute Gasteiger partial charge is 0.326 e. The van der Waals surface area contributed by atoms with Crippen LogP contribution in [0.15, 0.2) is 0 Å². The average molecular weight is 245 g/mol. The number of aliphatic carboxylic acids is 1. The average Bonchev–Trinajstić information content (AvgIpc) is 2.23. The predicted molar refractivity (Wildman–Crippen MR) is 64.8 cm³/mol. The van der Waals surface area contributed by atoms with E-state index >= 15 is 0 Å². The minimum atomic E-state index is -0.984. The molecular formula is C12H23NO4. The molecule has 17 heavy (non-hydrogen) atoms. The van der Waals surface area contributed by atoms with Crippen LogP contribution in [0.5, 0.6) is 0 Å². The summed E-state index contributed by atoms with van der Waals surface area (Å²) in [5.74, 6) is -1.28. The van der Waals surface area contributed by atoms with Crippen molar-refractivity contribution >= 4 is 11.9 Å². The largest absolute Gasteiger partial charge is 0.480 e. The topological polar surface area (TPSA) is 75.6 Å². The van der Waals surface area contributed by atoms with E-state index in [-0.39, 0.29) is 12.3 Å². The van der Waals surface area contributed by atoms with Crippen molar-refractivity contribution in [3.05, 3.63) is 0 Å². The molecule has 1 unspecified atom stereocenters. The first-order chi connectivity index (χ1) is 7.82. The number of carbonyl (C=O) groups is 2. The normalized spacial score (nSPS) is 13.2. The van der Waals surface area contributed by atoms with E-state index in [0.717, 1.165) is 12.8 Å². The van der Waals surface area contributed by atoms with Crippen LogP contribution >= 0.6 is 0 Å². The zero-order valence-corrected chi connectivity index (χ0v) is 11.1. The van der Waals surface area contributed by atoms with Crippen molar-refractivity contribution in [1.82, 2.24) is 5.32 Å². The number of hydrogen-bond acceptors (Lipinski definition) is 3. The van der Waals surface area contributed by atoms with E-state index in [9.17, 15) is 9.59 Å². The van der Waals surface area contributed by atoms with E-state index in [1.807, 2.05) is 6.92 Å². The van der Waals surface area contributed by atoms with Crippen LogP contribution < -0.4 is 5.32 Å². The number of rotatable bonds is 8. The molecule has 0 saturated heterocycles. The van der Waals surface area contributed by atoms with E-state index in [1.165, 1.54) is 7.11 Å². The second kappa shape index (κ2) is 7.27. The summed E-state index contributed by atoms with van der Waals surface area (Å²) >= 11 is 0. The van der Waals surface area contributed by atoms with Gasteiger partial charge in [-0.25, -0.2) is 4.79 Å². The number of carboxylic acids is 1. The summed E-state index contributed by atoms with van der Waals surface area (Å²) in [6.45, 7) is 5.55. The predicted octanol–water partition coefficient (Wildman–Crippen LogP) is 1.56. The quantitative estimate of drug-likeness (QED) is 0.680. The van der Waals surface area contributed by atoms with Crippen molar-refractivity contribution in [3.63, 3.8) is 0 Å². The van der Waals surface area contributed by atoms with Crippen molar-refractivity contribution in [1.29, 1.82) is 0 Å². The highest BCUT2D eigenvalue weighted by atomic mass is 16.5. The Kier molecular flexibility index (Phi) is 6.80. The number of carbonyl (C=O) groups excluding carboxylic acids is 1. The molecule has 5 heteroatoms. The summed E-state index contributed by atoms with van der Waals surface area (Å²) in [7, 11) is 1.53. The molecule has 0 fully saturated rings. The van der Waals surface area contributed by atoms with Gasteiger partial charge in [0, 0.05) is 7.11 Å². The van der Waals surface area contributed by atoms with Crippen LogP contribution in [-0.4, -0.2) is 35.7 Å². The van der Waals surface area contributed by atoms with E-state index in [0.29, 0.717) is 6.42 Å². The summed E-state index contributed by atoms with van der Waals surface area (Å²) in [6, 6.07) is -0.796. The van der Waals surface area contributed by atoms with Gasteiger partial charge in [-0.3, -0.25) is 4.79 Å². The third kappa shape index (κ3) is 6.94. The SMILES string of the molecule is CCCCC(NC(=O)CC(C)(C)OC)C(=O)O. The summed E-state index contributed by atoms with van der Waals surface area (Å²) in [6.07, 6.45) is 2.30. The molecular weight excluding hydrogens is 222 g/mol.